The molecule has 1 aliphatic carbocycles. The number of nitrogens with zero attached hydrogens (tertiary/aromatic N) is 2. The van der Waals surface area contributed by atoms with Crippen LogP contribution in [0, 0.1) is 17.7 Å². The molecule has 4 nitrogen and oxygen atoms in total. The number of rotatable bonds is 2. The highest BCUT2D eigenvalue weighted by Gasteiger charge is 2.48. The molecule has 1 aromatic carbocycles. The van der Waals surface area contributed by atoms with Gasteiger partial charge in [0.1, 0.15) is 5.82 Å². The zero-order valence-electron chi connectivity index (χ0n) is 15.3. The van der Waals surface area contributed by atoms with Crippen molar-refractivity contribution in [2.75, 3.05) is 13.1 Å². The average Bonchev–Trinajstić information content (AvgIpc) is 2.97. The summed E-state index contributed by atoms with van der Waals surface area (Å²) in [5.74, 6) is 5.73. The molecule has 1 aliphatic heterocycles. The van der Waals surface area contributed by atoms with E-state index in [4.69, 9.17) is 4.74 Å². The van der Waals surface area contributed by atoms with Crippen LogP contribution in [0.25, 0.3) is 0 Å². The predicted molar refractivity (Wildman–Crippen MR) is 99.6 cm³/mol. The number of carbonyl (C=O) groups excluding carboxylic acids is 1. The average molecular weight is 364 g/mol. The summed E-state index contributed by atoms with van der Waals surface area (Å²) in [4.78, 5) is 18.7. The van der Waals surface area contributed by atoms with E-state index in [0.717, 1.165) is 42.5 Å². The van der Waals surface area contributed by atoms with Crippen molar-refractivity contribution < 1.29 is 13.9 Å². The Bertz CT molecular complexity index is 947. The van der Waals surface area contributed by atoms with E-state index in [2.05, 4.69) is 23.7 Å². The third-order valence-electron chi connectivity index (χ3n) is 5.11. The van der Waals surface area contributed by atoms with Crippen LogP contribution in [0.3, 0.4) is 0 Å². The monoisotopic (exact) mass is 364 g/mol. The van der Waals surface area contributed by atoms with Crippen molar-refractivity contribution in [1.29, 1.82) is 0 Å². The number of hydrogen-bond donors (Lipinski definition) is 0. The first-order chi connectivity index (χ1) is 13.1. The van der Waals surface area contributed by atoms with Gasteiger partial charge in [0.15, 0.2) is 5.60 Å². The number of hydrogen-bond acceptors (Lipinski definition) is 3. The van der Waals surface area contributed by atoms with E-state index < -0.39 is 5.60 Å². The van der Waals surface area contributed by atoms with E-state index in [1.165, 1.54) is 12.1 Å². The van der Waals surface area contributed by atoms with Gasteiger partial charge in [0.2, 0.25) is 0 Å². The van der Waals surface area contributed by atoms with Gasteiger partial charge in [-0.15, -0.1) is 0 Å². The number of aryl methyl sites for hydroxylation is 1. The summed E-state index contributed by atoms with van der Waals surface area (Å²) < 4.78 is 19.2. The van der Waals surface area contributed by atoms with Crippen molar-refractivity contribution >= 4 is 6.09 Å². The zero-order valence-corrected chi connectivity index (χ0v) is 15.3. The molecule has 0 radical (unpaired) electrons. The number of carbonyl (C=O) groups is 1. The number of fused-ring (bicyclic) bond motifs is 2. The van der Waals surface area contributed by atoms with Crippen LogP contribution in [0.15, 0.2) is 36.5 Å². The molecule has 4 rings (SSSR count). The van der Waals surface area contributed by atoms with Crippen molar-refractivity contribution in [1.82, 2.24) is 9.88 Å². The molecule has 1 amide bonds. The molecule has 138 valence electrons. The molecule has 2 heterocycles. The molecule has 27 heavy (non-hydrogen) atoms. The summed E-state index contributed by atoms with van der Waals surface area (Å²) in [5, 5.41) is 0. The maximum atomic E-state index is 13.3. The summed E-state index contributed by atoms with van der Waals surface area (Å²) in [6, 6.07) is 8.19. The Morgan fingerprint density at radius 2 is 2.15 bits per heavy atom. The molecule has 2 aliphatic rings. The van der Waals surface area contributed by atoms with Gasteiger partial charge in [-0.05, 0) is 49.9 Å². The minimum Gasteiger partial charge on any atom is -0.436 e. The topological polar surface area (TPSA) is 42.4 Å². The lowest BCUT2D eigenvalue weighted by Crippen LogP contribution is -2.36. The Hall–Kier alpha value is -2.87. The molecule has 0 N–H and O–H groups in total. The van der Waals surface area contributed by atoms with Gasteiger partial charge in [-0.25, -0.2) is 9.18 Å². The molecule has 2 aromatic rings. The fourth-order valence-electron chi connectivity index (χ4n) is 3.89. The van der Waals surface area contributed by atoms with Gasteiger partial charge in [0.05, 0.1) is 6.54 Å². The van der Waals surface area contributed by atoms with Crippen LogP contribution in [-0.2, 0) is 16.8 Å². The van der Waals surface area contributed by atoms with Gasteiger partial charge in [-0.3, -0.25) is 4.98 Å². The van der Waals surface area contributed by atoms with E-state index in [1.54, 1.807) is 23.2 Å². The molecule has 5 heteroatoms. The normalized spacial score (nSPS) is 20.8. The van der Waals surface area contributed by atoms with Crippen LogP contribution in [0.4, 0.5) is 9.18 Å². The molecule has 0 bridgehead atoms. The second kappa shape index (κ2) is 7.03. The van der Waals surface area contributed by atoms with Crippen LogP contribution < -0.4 is 0 Å². The highest BCUT2D eigenvalue weighted by atomic mass is 19.1. The van der Waals surface area contributed by atoms with E-state index in [1.807, 2.05) is 6.07 Å². The molecular weight excluding hydrogens is 343 g/mol. The van der Waals surface area contributed by atoms with Crippen molar-refractivity contribution in [2.45, 2.75) is 38.2 Å². The van der Waals surface area contributed by atoms with Crippen LogP contribution in [0.5, 0.6) is 0 Å². The van der Waals surface area contributed by atoms with Crippen molar-refractivity contribution in [3.05, 3.63) is 64.7 Å². The lowest BCUT2D eigenvalue weighted by atomic mass is 9.81. The fourth-order valence-corrected chi connectivity index (χ4v) is 3.89. The number of pyridine rings is 1. The highest BCUT2D eigenvalue weighted by Crippen LogP contribution is 2.42. The van der Waals surface area contributed by atoms with Gasteiger partial charge in [0.25, 0.3) is 0 Å². The maximum Gasteiger partial charge on any atom is 0.410 e. The summed E-state index contributed by atoms with van der Waals surface area (Å²) >= 11 is 0. The van der Waals surface area contributed by atoms with Crippen molar-refractivity contribution in [3.63, 3.8) is 0 Å². The van der Waals surface area contributed by atoms with Crippen LogP contribution in [-0.4, -0.2) is 29.1 Å². The smallest absolute Gasteiger partial charge is 0.410 e. The second-order valence-electron chi connectivity index (χ2n) is 7.12. The zero-order chi connectivity index (χ0) is 18.9. The summed E-state index contributed by atoms with van der Waals surface area (Å²) in [7, 11) is 0. The first-order valence-electron chi connectivity index (χ1n) is 9.34. The van der Waals surface area contributed by atoms with Gasteiger partial charge in [0, 0.05) is 35.1 Å². The van der Waals surface area contributed by atoms with Gasteiger partial charge in [-0.2, -0.15) is 0 Å². The second-order valence-corrected chi connectivity index (χ2v) is 7.12. The minimum absolute atomic E-state index is 0.249. The minimum atomic E-state index is -0.622. The van der Waals surface area contributed by atoms with Gasteiger partial charge >= 0.3 is 6.09 Å². The summed E-state index contributed by atoms with van der Waals surface area (Å²) in [6.45, 7) is 3.31. The number of benzene rings is 1. The lowest BCUT2D eigenvalue weighted by Gasteiger charge is -2.32. The Kier molecular flexibility index (Phi) is 4.57. The molecule has 1 aromatic heterocycles. The van der Waals surface area contributed by atoms with E-state index in [0.29, 0.717) is 18.7 Å². The Balaban J connectivity index is 1.67. The molecular formula is C22H21FN2O2. The highest BCUT2D eigenvalue weighted by molar-refractivity contribution is 5.71. The van der Waals surface area contributed by atoms with Crippen LogP contribution in [0.2, 0.25) is 0 Å². The summed E-state index contributed by atoms with van der Waals surface area (Å²) in [5.41, 5.74) is 2.67. The lowest BCUT2D eigenvalue weighted by molar-refractivity contribution is 0.0389. The Morgan fingerprint density at radius 1 is 1.30 bits per heavy atom. The summed E-state index contributed by atoms with van der Waals surface area (Å²) in [6.07, 6.45) is 5.01. The van der Waals surface area contributed by atoms with Gasteiger partial charge in [-0.1, -0.05) is 24.8 Å². The fraction of sp³-hybridized carbons (Fsp3) is 0.364. The molecule has 0 saturated carbocycles. The molecule has 1 spiro atoms. The van der Waals surface area contributed by atoms with E-state index in [9.17, 15) is 9.18 Å². The number of aromatic nitrogens is 1. The first-order valence-corrected chi connectivity index (χ1v) is 9.34. The molecule has 1 atom stereocenters. The Labute approximate surface area is 158 Å². The number of halogens is 1. The van der Waals surface area contributed by atoms with E-state index >= 15 is 0 Å². The molecule has 0 unspecified atom stereocenters. The standard InChI is InChI=1S/C22H21FN2O2/c1-2-11-25-15-22(27-21(25)26)10-4-7-20-19(22)13-17(14-24-20)9-8-16-5-3-6-18(23)12-16/h3,5-6,12-14H,2,4,7,10-11,15H2,1H3/t22-/m0/s1. The van der Waals surface area contributed by atoms with Crippen LogP contribution >= 0.6 is 0 Å². The quantitative estimate of drug-likeness (QED) is 0.756. The molecule has 1 saturated heterocycles. The maximum absolute atomic E-state index is 13.3. The first kappa shape index (κ1) is 17.5. The largest absolute Gasteiger partial charge is 0.436 e. The van der Waals surface area contributed by atoms with E-state index in [-0.39, 0.29) is 11.9 Å². The van der Waals surface area contributed by atoms with Crippen molar-refractivity contribution in [3.8, 4) is 11.8 Å². The van der Waals surface area contributed by atoms with Crippen LogP contribution in [0.1, 0.15) is 48.6 Å². The third kappa shape index (κ3) is 3.40. The number of amides is 1. The number of ether oxygens (including phenoxy) is 1. The predicted octanol–water partition coefficient (Wildman–Crippen LogP) is 4.01. The van der Waals surface area contributed by atoms with Crippen molar-refractivity contribution in [2.24, 2.45) is 0 Å². The molecule has 1 fully saturated rings. The third-order valence-corrected chi connectivity index (χ3v) is 5.11. The van der Waals surface area contributed by atoms with Gasteiger partial charge < -0.3 is 9.64 Å². The SMILES string of the molecule is CCCN1C[C@]2(CCCc3ncc(C#Cc4cccc(F)c4)cc32)OC1=O. The Morgan fingerprint density at radius 3 is 2.96 bits per heavy atom.